The highest BCUT2D eigenvalue weighted by atomic mass is 35.5. The number of carbonyl (C=O) groups excluding carboxylic acids is 1. The molecule has 0 unspecified atom stereocenters. The van der Waals surface area contributed by atoms with Crippen LogP contribution in [0.3, 0.4) is 0 Å². The predicted octanol–water partition coefficient (Wildman–Crippen LogP) is 6.84. The molecule has 0 spiro atoms. The van der Waals surface area contributed by atoms with Crippen molar-refractivity contribution < 1.29 is 14.3 Å². The number of halogens is 2. The molecular weight excluding hydrogens is 629 g/mol. The van der Waals surface area contributed by atoms with Crippen molar-refractivity contribution in [1.29, 1.82) is 0 Å². The van der Waals surface area contributed by atoms with Crippen molar-refractivity contribution in [2.75, 3.05) is 24.6 Å². The van der Waals surface area contributed by atoms with E-state index in [4.69, 9.17) is 37.7 Å². The predicted molar refractivity (Wildman–Crippen MR) is 182 cm³/mol. The summed E-state index contributed by atoms with van der Waals surface area (Å²) in [6.45, 7) is 11.9. The Hall–Kier alpha value is -3.85. The maximum atomic E-state index is 14.2. The van der Waals surface area contributed by atoms with Crippen molar-refractivity contribution in [2.24, 2.45) is 4.99 Å². The largest absolute Gasteiger partial charge is 0.488 e. The van der Waals surface area contributed by atoms with E-state index in [1.807, 2.05) is 61.5 Å². The van der Waals surface area contributed by atoms with Gasteiger partial charge in [-0.05, 0) is 76.1 Å². The third kappa shape index (κ3) is 6.88. The molecular formula is C35H35Cl2N3O4S. The Kier molecular flexibility index (Phi) is 10.2. The Balaban J connectivity index is 1.63. The van der Waals surface area contributed by atoms with Crippen LogP contribution in [0.1, 0.15) is 56.0 Å². The monoisotopic (exact) mass is 663 g/mol. The molecule has 0 bridgehead atoms. The number of carbonyl (C=O) groups is 1. The highest BCUT2D eigenvalue weighted by molar-refractivity contribution is 7.07. The van der Waals surface area contributed by atoms with Gasteiger partial charge in [0, 0.05) is 30.4 Å². The molecule has 0 N–H and O–H groups in total. The quantitative estimate of drug-likeness (QED) is 0.174. The second-order valence-electron chi connectivity index (χ2n) is 10.6. The molecule has 45 heavy (non-hydrogen) atoms. The average Bonchev–Trinajstić information content (AvgIpc) is 3.32. The number of hydrogen-bond acceptors (Lipinski definition) is 7. The number of fused-ring (bicyclic) bond motifs is 1. The topological polar surface area (TPSA) is 73.1 Å². The molecule has 0 saturated heterocycles. The summed E-state index contributed by atoms with van der Waals surface area (Å²) in [7, 11) is 0. The number of rotatable bonds is 10. The summed E-state index contributed by atoms with van der Waals surface area (Å²) < 4.78 is 13.8. The van der Waals surface area contributed by atoms with Crippen LogP contribution in [-0.2, 0) is 16.1 Å². The van der Waals surface area contributed by atoms with E-state index in [2.05, 4.69) is 18.7 Å². The first-order valence-corrected chi connectivity index (χ1v) is 16.4. The van der Waals surface area contributed by atoms with Gasteiger partial charge in [-0.3, -0.25) is 9.36 Å². The third-order valence-corrected chi connectivity index (χ3v) is 9.42. The maximum Gasteiger partial charge on any atom is 0.338 e. The number of aromatic nitrogens is 1. The van der Waals surface area contributed by atoms with E-state index in [1.54, 1.807) is 30.5 Å². The molecule has 234 valence electrons. The van der Waals surface area contributed by atoms with Crippen LogP contribution in [-0.4, -0.2) is 30.2 Å². The third-order valence-electron chi connectivity index (χ3n) is 7.70. The molecule has 0 aliphatic carbocycles. The molecule has 3 aromatic carbocycles. The van der Waals surface area contributed by atoms with Crippen LogP contribution in [0, 0.1) is 6.92 Å². The van der Waals surface area contributed by atoms with Gasteiger partial charge in [0.15, 0.2) is 4.80 Å². The first kappa shape index (κ1) is 32.5. The molecule has 1 aliphatic rings. The summed E-state index contributed by atoms with van der Waals surface area (Å²) in [4.78, 5) is 34.8. The van der Waals surface area contributed by atoms with E-state index >= 15 is 0 Å². The van der Waals surface area contributed by atoms with Crippen LogP contribution in [0.4, 0.5) is 5.69 Å². The second-order valence-corrected chi connectivity index (χ2v) is 12.5. The summed E-state index contributed by atoms with van der Waals surface area (Å²) in [6.07, 6.45) is 1.83. The lowest BCUT2D eigenvalue weighted by atomic mass is 9.95. The number of thiazole rings is 1. The second kappa shape index (κ2) is 14.1. The lowest BCUT2D eigenvalue weighted by molar-refractivity contribution is -0.139. The standard InChI is InChI=1S/C35H35Cl2N3O4S/c1-6-39(7-2)26-15-14-25(29(19-26)44-20-23-11-16-27(36)28(37)17-23)18-30-33(41)40-32(24-12-9-21(4)10-13-24)31(34(42)43-8-3)22(5)38-35(40)45-30/h9-19,32H,6-8,20H2,1-5H3/b30-18-/t32-/m1/s1. The zero-order chi connectivity index (χ0) is 32.2. The molecule has 7 nitrogen and oxygen atoms in total. The summed E-state index contributed by atoms with van der Waals surface area (Å²) in [5, 5.41) is 0.932. The first-order chi connectivity index (χ1) is 21.6. The lowest BCUT2D eigenvalue weighted by Crippen LogP contribution is -2.39. The first-order valence-electron chi connectivity index (χ1n) is 14.9. The van der Waals surface area contributed by atoms with Gasteiger partial charge in [-0.15, -0.1) is 0 Å². The average molecular weight is 665 g/mol. The van der Waals surface area contributed by atoms with Crippen molar-refractivity contribution in [2.45, 2.75) is 47.3 Å². The van der Waals surface area contributed by atoms with Gasteiger partial charge in [0.2, 0.25) is 0 Å². The van der Waals surface area contributed by atoms with Gasteiger partial charge in [-0.2, -0.15) is 0 Å². The van der Waals surface area contributed by atoms with Crippen LogP contribution in [0.25, 0.3) is 6.08 Å². The number of ether oxygens (including phenoxy) is 2. The summed E-state index contributed by atoms with van der Waals surface area (Å²) >= 11 is 13.6. The minimum absolute atomic E-state index is 0.217. The molecule has 2 heterocycles. The molecule has 1 atom stereocenters. The zero-order valence-corrected chi connectivity index (χ0v) is 28.2. The fourth-order valence-electron chi connectivity index (χ4n) is 5.34. The molecule has 1 aromatic heterocycles. The highest BCUT2D eigenvalue weighted by Crippen LogP contribution is 2.32. The van der Waals surface area contributed by atoms with E-state index in [0.717, 1.165) is 41.0 Å². The molecule has 5 rings (SSSR count). The van der Waals surface area contributed by atoms with E-state index in [1.165, 1.54) is 11.3 Å². The number of benzene rings is 3. The normalized spacial score (nSPS) is 14.6. The fourth-order valence-corrected chi connectivity index (χ4v) is 6.70. The maximum absolute atomic E-state index is 14.2. The molecule has 0 fully saturated rings. The van der Waals surface area contributed by atoms with Crippen molar-refractivity contribution in [3.05, 3.63) is 124 Å². The number of allylic oxidation sites excluding steroid dienone is 1. The van der Waals surface area contributed by atoms with Gasteiger partial charge in [0.1, 0.15) is 12.4 Å². The highest BCUT2D eigenvalue weighted by Gasteiger charge is 2.33. The molecule has 1 aliphatic heterocycles. The van der Waals surface area contributed by atoms with E-state index in [-0.39, 0.29) is 18.8 Å². The van der Waals surface area contributed by atoms with Gasteiger partial charge < -0.3 is 14.4 Å². The SMILES string of the molecule is CCOC(=O)C1=C(C)N=c2s/c(=C\c3ccc(N(CC)CC)cc3OCc3ccc(Cl)c(Cl)c3)c(=O)n2[C@@H]1c1ccc(C)cc1. The van der Waals surface area contributed by atoms with Crippen molar-refractivity contribution in [3.63, 3.8) is 0 Å². The Bertz CT molecular complexity index is 1940. The minimum Gasteiger partial charge on any atom is -0.488 e. The van der Waals surface area contributed by atoms with Gasteiger partial charge >= 0.3 is 5.97 Å². The van der Waals surface area contributed by atoms with Gasteiger partial charge in [-0.1, -0.05) is 70.4 Å². The molecule has 4 aromatic rings. The Morgan fingerprint density at radius 1 is 1.00 bits per heavy atom. The van der Waals surface area contributed by atoms with Crippen molar-refractivity contribution >= 4 is 52.3 Å². The minimum atomic E-state index is -0.668. The van der Waals surface area contributed by atoms with Gasteiger partial charge in [0.25, 0.3) is 5.56 Å². The smallest absolute Gasteiger partial charge is 0.338 e. The van der Waals surface area contributed by atoms with Crippen molar-refractivity contribution in [1.82, 2.24) is 4.57 Å². The number of aryl methyl sites for hydroxylation is 1. The Morgan fingerprint density at radius 3 is 2.40 bits per heavy atom. The van der Waals surface area contributed by atoms with Crippen LogP contribution in [0.15, 0.2) is 81.7 Å². The van der Waals surface area contributed by atoms with Crippen molar-refractivity contribution in [3.8, 4) is 5.75 Å². The van der Waals surface area contributed by atoms with Crippen LogP contribution in [0.2, 0.25) is 10.0 Å². The zero-order valence-electron chi connectivity index (χ0n) is 25.9. The summed E-state index contributed by atoms with van der Waals surface area (Å²) in [5.41, 5.74) is 5.13. The molecule has 0 radical (unpaired) electrons. The number of esters is 1. The molecule has 0 saturated carbocycles. The lowest BCUT2D eigenvalue weighted by Gasteiger charge is -2.24. The fraction of sp³-hybridized carbons (Fsp3) is 0.286. The van der Waals surface area contributed by atoms with Crippen LogP contribution >= 0.6 is 34.5 Å². The van der Waals surface area contributed by atoms with Crippen LogP contribution in [0.5, 0.6) is 5.75 Å². The van der Waals surface area contributed by atoms with E-state index < -0.39 is 12.0 Å². The number of nitrogens with zero attached hydrogens (tertiary/aromatic N) is 3. The summed E-state index contributed by atoms with van der Waals surface area (Å²) in [5.74, 6) is 0.137. The van der Waals surface area contributed by atoms with Gasteiger partial charge in [-0.25, -0.2) is 9.79 Å². The molecule has 0 amide bonds. The number of hydrogen-bond donors (Lipinski definition) is 0. The Morgan fingerprint density at radius 2 is 1.73 bits per heavy atom. The van der Waals surface area contributed by atoms with Crippen LogP contribution < -0.4 is 24.5 Å². The number of anilines is 1. The van der Waals surface area contributed by atoms with Gasteiger partial charge in [0.05, 0.1) is 38.5 Å². The molecule has 10 heteroatoms. The van der Waals surface area contributed by atoms with E-state index in [0.29, 0.717) is 36.4 Å². The van der Waals surface area contributed by atoms with E-state index in [9.17, 15) is 9.59 Å². The Labute approximate surface area is 276 Å². The summed E-state index contributed by atoms with van der Waals surface area (Å²) in [6, 6.07) is 18.5.